The first kappa shape index (κ1) is 21.7. The predicted octanol–water partition coefficient (Wildman–Crippen LogP) is 2.92. The van der Waals surface area contributed by atoms with Gasteiger partial charge in [-0.2, -0.15) is 0 Å². The highest BCUT2D eigenvalue weighted by Gasteiger charge is 2.46. The maximum absolute atomic E-state index is 13.1. The van der Waals surface area contributed by atoms with Crippen LogP contribution in [-0.2, 0) is 14.3 Å². The molecule has 1 amide bonds. The Morgan fingerprint density at radius 2 is 1.88 bits per heavy atom. The van der Waals surface area contributed by atoms with E-state index in [0.717, 1.165) is 0 Å². The molecule has 2 aromatic rings. The minimum Gasteiger partial charge on any atom is -0.507 e. The average Bonchev–Trinajstić information content (AvgIpc) is 3.08. The summed E-state index contributed by atoms with van der Waals surface area (Å²) in [7, 11) is 3.12. The summed E-state index contributed by atoms with van der Waals surface area (Å²) in [4.78, 5) is 27.5. The maximum atomic E-state index is 13.1. The quantitative estimate of drug-likeness (QED) is 0.307. The number of amides is 1. The zero-order valence-corrected chi connectivity index (χ0v) is 18.0. The first-order valence-corrected chi connectivity index (χ1v) is 10.4. The highest BCUT2D eigenvalue weighted by Crippen LogP contribution is 2.41. The number of carbonyl (C=O) groups is 2. The summed E-state index contributed by atoms with van der Waals surface area (Å²) in [5.74, 6) is -0.0212. The topological polar surface area (TPSA) is 94.5 Å². The van der Waals surface area contributed by atoms with Gasteiger partial charge in [-0.15, -0.1) is 0 Å². The minimum absolute atomic E-state index is 0.0253. The lowest BCUT2D eigenvalue weighted by molar-refractivity contribution is -0.140. The molecule has 4 rings (SSSR count). The van der Waals surface area contributed by atoms with Gasteiger partial charge in [0.25, 0.3) is 11.7 Å². The summed E-state index contributed by atoms with van der Waals surface area (Å²) in [5.41, 5.74) is 1.06. The SMILES string of the molecule is COCCCN1C(=O)C(=O)C(=C(O)c2ccc3c(c2)OCCO3)[C@H]1c1cccc(OC)c1. The molecule has 0 bridgehead atoms. The van der Waals surface area contributed by atoms with E-state index in [2.05, 4.69) is 0 Å². The van der Waals surface area contributed by atoms with E-state index >= 15 is 0 Å². The van der Waals surface area contributed by atoms with Crippen LogP contribution in [0, 0.1) is 0 Å². The second-order valence-corrected chi connectivity index (χ2v) is 7.47. The van der Waals surface area contributed by atoms with Gasteiger partial charge in [0.05, 0.1) is 18.7 Å². The van der Waals surface area contributed by atoms with Crippen molar-refractivity contribution in [3.63, 3.8) is 0 Å². The van der Waals surface area contributed by atoms with E-state index in [4.69, 9.17) is 18.9 Å². The van der Waals surface area contributed by atoms with E-state index < -0.39 is 17.7 Å². The molecule has 2 aliphatic heterocycles. The van der Waals surface area contributed by atoms with Crippen molar-refractivity contribution in [1.29, 1.82) is 0 Å². The molecular formula is C24H25NO7. The number of Topliss-reactive ketones (excluding diaryl/α,β-unsaturated/α-hetero) is 1. The summed E-state index contributed by atoms with van der Waals surface area (Å²) in [6.07, 6.45) is 0.550. The Hall–Kier alpha value is -3.52. The van der Waals surface area contributed by atoms with Crippen molar-refractivity contribution in [1.82, 2.24) is 4.90 Å². The van der Waals surface area contributed by atoms with Crippen LogP contribution >= 0.6 is 0 Å². The summed E-state index contributed by atoms with van der Waals surface area (Å²) in [6, 6.07) is 11.3. The zero-order chi connectivity index (χ0) is 22.7. The molecule has 8 nitrogen and oxygen atoms in total. The number of aliphatic hydroxyl groups is 1. The highest BCUT2D eigenvalue weighted by molar-refractivity contribution is 6.46. The Morgan fingerprint density at radius 1 is 1.09 bits per heavy atom. The summed E-state index contributed by atoms with van der Waals surface area (Å²) >= 11 is 0. The minimum atomic E-state index is -0.754. The third kappa shape index (κ3) is 4.01. The molecule has 1 saturated heterocycles. The number of hydrogen-bond donors (Lipinski definition) is 1. The van der Waals surface area contributed by atoms with Gasteiger partial charge in [0.1, 0.15) is 24.7 Å². The van der Waals surface area contributed by atoms with Crippen LogP contribution in [0.2, 0.25) is 0 Å². The van der Waals surface area contributed by atoms with Crippen LogP contribution in [0.3, 0.4) is 0 Å². The summed E-state index contributed by atoms with van der Waals surface area (Å²) in [6.45, 7) is 1.58. The van der Waals surface area contributed by atoms with Crippen LogP contribution in [0.25, 0.3) is 5.76 Å². The number of benzene rings is 2. The van der Waals surface area contributed by atoms with Gasteiger partial charge in [-0.1, -0.05) is 12.1 Å². The molecule has 1 fully saturated rings. The van der Waals surface area contributed by atoms with E-state index in [1.807, 2.05) is 0 Å². The standard InChI is InChI=1S/C24H25NO7/c1-29-10-4-9-25-21(15-5-3-6-17(13-15)30-2)20(23(27)24(25)28)22(26)16-7-8-18-19(14-16)32-12-11-31-18/h3,5-8,13-14,21,26H,4,9-12H2,1-2H3/t21-/m1/s1. The van der Waals surface area contributed by atoms with Gasteiger partial charge >= 0.3 is 0 Å². The molecule has 32 heavy (non-hydrogen) atoms. The Labute approximate surface area is 185 Å². The van der Waals surface area contributed by atoms with E-state index in [9.17, 15) is 14.7 Å². The average molecular weight is 439 g/mol. The van der Waals surface area contributed by atoms with Crippen LogP contribution in [0.15, 0.2) is 48.0 Å². The smallest absolute Gasteiger partial charge is 0.295 e. The Balaban J connectivity index is 1.81. The molecule has 168 valence electrons. The second kappa shape index (κ2) is 9.32. The van der Waals surface area contributed by atoms with Crippen molar-refractivity contribution >= 4 is 17.4 Å². The Kier molecular flexibility index (Phi) is 6.32. The largest absolute Gasteiger partial charge is 0.507 e. The molecule has 1 atom stereocenters. The lowest BCUT2D eigenvalue weighted by Gasteiger charge is -2.25. The van der Waals surface area contributed by atoms with Crippen molar-refractivity contribution in [2.45, 2.75) is 12.5 Å². The van der Waals surface area contributed by atoms with Gasteiger partial charge in [-0.25, -0.2) is 0 Å². The summed E-state index contributed by atoms with van der Waals surface area (Å²) in [5, 5.41) is 11.2. The number of carbonyl (C=O) groups excluding carboxylic acids is 2. The first-order valence-electron chi connectivity index (χ1n) is 10.4. The van der Waals surface area contributed by atoms with E-state index in [1.54, 1.807) is 56.7 Å². The number of nitrogens with zero attached hydrogens (tertiary/aromatic N) is 1. The Bertz CT molecular complexity index is 1060. The monoisotopic (exact) mass is 439 g/mol. The molecule has 0 saturated carbocycles. The number of rotatable bonds is 7. The van der Waals surface area contributed by atoms with Gasteiger partial charge in [-0.3, -0.25) is 9.59 Å². The molecule has 1 N–H and O–H groups in total. The zero-order valence-electron chi connectivity index (χ0n) is 18.0. The maximum Gasteiger partial charge on any atom is 0.295 e. The van der Waals surface area contributed by atoms with Crippen molar-refractivity contribution in [2.75, 3.05) is 40.6 Å². The van der Waals surface area contributed by atoms with Crippen molar-refractivity contribution < 1.29 is 33.6 Å². The van der Waals surface area contributed by atoms with E-state index in [-0.39, 0.29) is 11.3 Å². The van der Waals surface area contributed by atoms with Gasteiger partial charge in [-0.05, 0) is 42.3 Å². The lowest BCUT2D eigenvalue weighted by Crippen LogP contribution is -2.31. The fraction of sp³-hybridized carbons (Fsp3) is 0.333. The number of hydrogen-bond acceptors (Lipinski definition) is 7. The van der Waals surface area contributed by atoms with Crippen LogP contribution in [0.5, 0.6) is 17.2 Å². The first-order chi connectivity index (χ1) is 15.5. The third-order valence-electron chi connectivity index (χ3n) is 5.51. The van der Waals surface area contributed by atoms with Crippen LogP contribution in [-0.4, -0.2) is 62.3 Å². The number of methoxy groups -OCH3 is 2. The molecule has 0 spiro atoms. The lowest BCUT2D eigenvalue weighted by atomic mass is 9.95. The van der Waals surface area contributed by atoms with Crippen LogP contribution in [0.1, 0.15) is 23.6 Å². The molecule has 2 aliphatic rings. The molecule has 2 aromatic carbocycles. The normalized spacial score (nSPS) is 19.3. The van der Waals surface area contributed by atoms with Crippen molar-refractivity contribution in [3.8, 4) is 17.2 Å². The highest BCUT2D eigenvalue weighted by atomic mass is 16.6. The molecule has 0 aromatic heterocycles. The van der Waals surface area contributed by atoms with Gasteiger partial charge in [0, 0.05) is 25.8 Å². The van der Waals surface area contributed by atoms with E-state index in [1.165, 1.54) is 4.90 Å². The number of aliphatic hydroxyl groups excluding tert-OH is 1. The second-order valence-electron chi connectivity index (χ2n) is 7.47. The van der Waals surface area contributed by atoms with Crippen LogP contribution in [0.4, 0.5) is 0 Å². The van der Waals surface area contributed by atoms with E-state index in [0.29, 0.717) is 61.2 Å². The Morgan fingerprint density at radius 3 is 2.62 bits per heavy atom. The third-order valence-corrected chi connectivity index (χ3v) is 5.51. The van der Waals surface area contributed by atoms with Gasteiger partial charge < -0.3 is 29.0 Å². The number of ketones is 1. The molecule has 0 radical (unpaired) electrons. The number of ether oxygens (including phenoxy) is 4. The molecule has 0 unspecified atom stereocenters. The molecule has 2 heterocycles. The molecule has 0 aliphatic carbocycles. The molecular weight excluding hydrogens is 414 g/mol. The fourth-order valence-corrected chi connectivity index (χ4v) is 3.99. The van der Waals surface area contributed by atoms with Crippen molar-refractivity contribution in [3.05, 3.63) is 59.2 Å². The number of likely N-dealkylation sites (tertiary alicyclic amines) is 1. The predicted molar refractivity (Wildman–Crippen MR) is 116 cm³/mol. The van der Waals surface area contributed by atoms with Gasteiger partial charge in [0.2, 0.25) is 0 Å². The fourth-order valence-electron chi connectivity index (χ4n) is 3.99. The number of fused-ring (bicyclic) bond motifs is 1. The van der Waals surface area contributed by atoms with Gasteiger partial charge in [0.15, 0.2) is 11.5 Å². The van der Waals surface area contributed by atoms with Crippen LogP contribution < -0.4 is 14.2 Å². The van der Waals surface area contributed by atoms with Crippen molar-refractivity contribution in [2.24, 2.45) is 0 Å². The summed E-state index contributed by atoms with van der Waals surface area (Å²) < 4.78 is 21.6. The molecule has 8 heteroatoms.